The van der Waals surface area contributed by atoms with E-state index in [-0.39, 0.29) is 0 Å². The van der Waals surface area contributed by atoms with Crippen LogP contribution in [0.2, 0.25) is 0 Å². The van der Waals surface area contributed by atoms with Crippen LogP contribution in [0, 0.1) is 0 Å². The van der Waals surface area contributed by atoms with Crippen LogP contribution < -0.4 is 9.80 Å². The minimum atomic E-state index is -0.826. The second-order valence-electron chi connectivity index (χ2n) is 27.1. The summed E-state index contributed by atoms with van der Waals surface area (Å²) in [6.07, 6.45) is 0. The highest BCUT2D eigenvalue weighted by Gasteiger charge is 2.59. The van der Waals surface area contributed by atoms with Gasteiger partial charge in [0.05, 0.1) is 34.1 Å². The van der Waals surface area contributed by atoms with Gasteiger partial charge in [0.25, 0.3) is 0 Å². The van der Waals surface area contributed by atoms with E-state index in [1.54, 1.807) is 0 Å². The number of anilines is 6. The van der Waals surface area contributed by atoms with E-state index < -0.39 is 10.8 Å². The van der Waals surface area contributed by atoms with E-state index in [1.165, 1.54) is 66.1 Å². The van der Waals surface area contributed by atoms with Crippen LogP contribution in [0.5, 0.6) is 0 Å². The van der Waals surface area contributed by atoms with Crippen molar-refractivity contribution in [2.24, 2.45) is 0 Å². The topological polar surface area (TPSA) is 59.0 Å². The normalized spacial score (nSPS) is 15.7. The SMILES string of the molecule is CC1(C2(C)c3ccc4ccccc4c3-c3c2cc(N(c2cccc4c2oc2ccccc24)c2cccc4c2oc2ccccc24)c2ccccc32)c2ccc3ccccc3c2-c2c1cc(N(c1cccc3c1oc1ccccc13)c1cccc3c1oc1ccccc13)c1ccccc21. The zero-order chi connectivity index (χ0) is 64.3. The maximum Gasteiger partial charge on any atom is 0.159 e. The minimum Gasteiger partial charge on any atom is -0.454 e. The van der Waals surface area contributed by atoms with Crippen LogP contribution in [0.3, 0.4) is 0 Å². The maximum atomic E-state index is 7.15. The van der Waals surface area contributed by atoms with Gasteiger partial charge < -0.3 is 27.5 Å². The second kappa shape index (κ2) is 19.5. The van der Waals surface area contributed by atoms with E-state index >= 15 is 0 Å². The van der Waals surface area contributed by atoms with Crippen LogP contribution in [0.15, 0.2) is 321 Å². The van der Waals surface area contributed by atoms with Crippen molar-refractivity contribution in [2.45, 2.75) is 24.7 Å². The van der Waals surface area contributed by atoms with Crippen molar-refractivity contribution in [1.82, 2.24) is 0 Å². The number of furan rings is 4. The van der Waals surface area contributed by atoms with Gasteiger partial charge in [-0.25, -0.2) is 0 Å². The van der Waals surface area contributed by atoms with E-state index in [1.807, 2.05) is 0 Å². The highest BCUT2D eigenvalue weighted by Crippen LogP contribution is 2.70. The van der Waals surface area contributed by atoms with Crippen LogP contribution in [0.1, 0.15) is 36.1 Å². The molecule has 2 unspecified atom stereocenters. The molecule has 458 valence electrons. The smallest absolute Gasteiger partial charge is 0.159 e. The average Bonchev–Trinajstić information content (AvgIpc) is 1.48. The van der Waals surface area contributed by atoms with Gasteiger partial charge in [0, 0.05) is 64.7 Å². The predicted molar refractivity (Wildman–Crippen MR) is 405 cm³/mol. The lowest BCUT2D eigenvalue weighted by Gasteiger charge is -2.46. The van der Waals surface area contributed by atoms with E-state index in [0.29, 0.717) is 0 Å². The van der Waals surface area contributed by atoms with Crippen molar-refractivity contribution in [1.29, 1.82) is 0 Å². The standard InChI is InChI=1S/C92H56N2O4/c1-91(69-49-47-53-23-3-5-25-55(53)83(69)85-63-33-9-7-27-57(63)77(51-71(85)91)93(73-39-19-35-65-59-29-11-15-43-79(59)95-87(65)73)74-40-20-36-66-60-30-12-16-44-80(60)96-88(66)74)92(2)70-50-48-54-24-4-6-26-56(54)84(70)86-64-34-10-8-28-58(64)78(52-72(86)92)94(75-41-21-37-67-61-31-13-17-45-81(61)97-89(67)75)76-42-22-38-68-62-32-14-18-46-82(62)98-90(68)76/h3-52H,1-2H3. The van der Waals surface area contributed by atoms with Gasteiger partial charge in [-0.15, -0.1) is 0 Å². The van der Waals surface area contributed by atoms with Gasteiger partial charge in [-0.3, -0.25) is 0 Å². The molecular weight excluding hydrogens is 1200 g/mol. The summed E-state index contributed by atoms with van der Waals surface area (Å²) in [6, 6.07) is 111. The van der Waals surface area contributed by atoms with Gasteiger partial charge in [-0.05, 0) is 137 Å². The summed E-state index contributed by atoms with van der Waals surface area (Å²) in [5.41, 5.74) is 20.4. The van der Waals surface area contributed by atoms with Crippen LogP contribution in [0.4, 0.5) is 34.1 Å². The second-order valence-corrected chi connectivity index (χ2v) is 27.1. The lowest BCUT2D eigenvalue weighted by Crippen LogP contribution is -2.44. The molecule has 2 atom stereocenters. The average molecular weight is 1250 g/mol. The van der Waals surface area contributed by atoms with Gasteiger partial charge in [-0.1, -0.05) is 257 Å². The number of hydrogen-bond acceptors (Lipinski definition) is 6. The van der Waals surface area contributed by atoms with Crippen LogP contribution >= 0.6 is 0 Å². The summed E-state index contributed by atoms with van der Waals surface area (Å²) in [4.78, 5) is 4.90. The molecule has 4 heterocycles. The fourth-order valence-corrected chi connectivity index (χ4v) is 18.1. The molecule has 0 saturated heterocycles. The number of benzene rings is 16. The lowest BCUT2D eigenvalue weighted by molar-refractivity contribution is 0.376. The molecule has 0 bridgehead atoms. The molecule has 0 fully saturated rings. The summed E-state index contributed by atoms with van der Waals surface area (Å²) in [5.74, 6) is 0. The largest absolute Gasteiger partial charge is 0.454 e. The Hall–Kier alpha value is -12.6. The molecule has 0 saturated carbocycles. The third-order valence-electron chi connectivity index (χ3n) is 22.5. The predicted octanol–water partition coefficient (Wildman–Crippen LogP) is 26.1. The molecule has 0 N–H and O–H groups in total. The van der Waals surface area contributed by atoms with E-state index in [0.717, 1.165) is 143 Å². The van der Waals surface area contributed by atoms with Crippen molar-refractivity contribution in [3.05, 3.63) is 326 Å². The Bertz CT molecular complexity index is 6260. The Morgan fingerprint density at radius 2 is 0.459 bits per heavy atom. The Balaban J connectivity index is 0.897. The minimum absolute atomic E-state index is 0.793. The first kappa shape index (κ1) is 53.7. The first-order valence-corrected chi connectivity index (χ1v) is 33.8. The summed E-state index contributed by atoms with van der Waals surface area (Å²) in [6.45, 7) is 5.14. The van der Waals surface area contributed by atoms with Crippen molar-refractivity contribution in [3.63, 3.8) is 0 Å². The molecular formula is C92H56N2O4. The highest BCUT2D eigenvalue weighted by atomic mass is 16.3. The van der Waals surface area contributed by atoms with E-state index in [2.05, 4.69) is 327 Å². The van der Waals surface area contributed by atoms with Gasteiger partial charge >= 0.3 is 0 Å². The fraction of sp³-hybridized carbons (Fsp3) is 0.0435. The molecule has 6 heteroatoms. The van der Waals surface area contributed by atoms with Gasteiger partial charge in [0.2, 0.25) is 0 Å². The fourth-order valence-electron chi connectivity index (χ4n) is 18.1. The first-order valence-electron chi connectivity index (χ1n) is 33.8. The van der Waals surface area contributed by atoms with E-state index in [9.17, 15) is 0 Å². The summed E-state index contributed by atoms with van der Waals surface area (Å²) in [7, 11) is 0. The monoisotopic (exact) mass is 1250 g/mol. The van der Waals surface area contributed by atoms with Crippen LogP contribution in [-0.4, -0.2) is 0 Å². The summed E-state index contributed by atoms with van der Waals surface area (Å²) in [5, 5.41) is 17.7. The van der Waals surface area contributed by atoms with Crippen LogP contribution in [-0.2, 0) is 10.8 Å². The molecule has 98 heavy (non-hydrogen) atoms. The Morgan fingerprint density at radius 3 is 0.786 bits per heavy atom. The molecule has 4 aromatic heterocycles. The Morgan fingerprint density at radius 1 is 0.204 bits per heavy atom. The summed E-state index contributed by atoms with van der Waals surface area (Å²) < 4.78 is 28.6. The number of hydrogen-bond donors (Lipinski definition) is 0. The van der Waals surface area contributed by atoms with Crippen molar-refractivity contribution in [3.8, 4) is 22.3 Å². The Labute approximate surface area is 561 Å². The molecule has 16 aromatic carbocycles. The highest BCUT2D eigenvalue weighted by molar-refractivity contribution is 6.23. The first-order chi connectivity index (χ1) is 48.4. The zero-order valence-electron chi connectivity index (χ0n) is 53.4. The van der Waals surface area contributed by atoms with Crippen molar-refractivity contribution < 1.29 is 17.7 Å². The Kier molecular flexibility index (Phi) is 10.7. The van der Waals surface area contributed by atoms with Gasteiger partial charge in [0.1, 0.15) is 22.3 Å². The number of rotatable bonds is 7. The zero-order valence-corrected chi connectivity index (χ0v) is 53.4. The van der Waals surface area contributed by atoms with Crippen molar-refractivity contribution >= 4 is 165 Å². The molecule has 20 aromatic rings. The quantitative estimate of drug-likeness (QED) is 0.158. The lowest BCUT2D eigenvalue weighted by atomic mass is 9.56. The molecule has 0 spiro atoms. The molecule has 6 nitrogen and oxygen atoms in total. The van der Waals surface area contributed by atoms with Crippen molar-refractivity contribution in [2.75, 3.05) is 9.80 Å². The molecule has 2 aliphatic carbocycles. The molecule has 0 amide bonds. The van der Waals surface area contributed by atoms with Gasteiger partial charge in [-0.2, -0.15) is 0 Å². The number of para-hydroxylation sites is 8. The number of nitrogens with zero attached hydrogens (tertiary/aromatic N) is 2. The van der Waals surface area contributed by atoms with E-state index in [4.69, 9.17) is 17.7 Å². The molecule has 2 aliphatic rings. The molecule has 0 radical (unpaired) electrons. The third-order valence-corrected chi connectivity index (χ3v) is 22.5. The van der Waals surface area contributed by atoms with Gasteiger partial charge in [0.15, 0.2) is 22.3 Å². The molecule has 22 rings (SSSR count). The summed E-state index contributed by atoms with van der Waals surface area (Å²) >= 11 is 0. The number of fused-ring (bicyclic) bond motifs is 26. The van der Waals surface area contributed by atoms with Crippen LogP contribution in [0.25, 0.3) is 153 Å². The third kappa shape index (κ3) is 6.90. The molecule has 0 aliphatic heterocycles. The maximum absolute atomic E-state index is 7.15.